The van der Waals surface area contributed by atoms with Crippen LogP contribution in [0.5, 0.6) is 0 Å². The molecule has 3 nitrogen and oxygen atoms in total. The predicted octanol–water partition coefficient (Wildman–Crippen LogP) is 3.98. The van der Waals surface area contributed by atoms with Gasteiger partial charge in [0.25, 0.3) is 0 Å². The molecule has 0 saturated heterocycles. The first kappa shape index (κ1) is 16.6. The molecular formula is C15H29N3S. The molecule has 0 bridgehead atoms. The Kier molecular flexibility index (Phi) is 9.01. The normalized spacial score (nSPS) is 11.4. The zero-order valence-electron chi connectivity index (χ0n) is 12.7. The first-order chi connectivity index (χ1) is 9.22. The highest BCUT2D eigenvalue weighted by Crippen LogP contribution is 2.15. The van der Waals surface area contributed by atoms with E-state index in [4.69, 9.17) is 0 Å². The molecule has 0 aromatic carbocycles. The number of nitrogens with one attached hydrogen (secondary N) is 1. The summed E-state index contributed by atoms with van der Waals surface area (Å²) in [4.78, 5) is 0. The van der Waals surface area contributed by atoms with Gasteiger partial charge in [0, 0.05) is 18.9 Å². The maximum Gasteiger partial charge on any atom is 0.117 e. The van der Waals surface area contributed by atoms with Crippen molar-refractivity contribution in [2.45, 2.75) is 78.2 Å². The van der Waals surface area contributed by atoms with E-state index in [0.717, 1.165) is 25.8 Å². The number of unbranched alkanes of at least 4 members (excludes halogenated alkanes) is 4. The summed E-state index contributed by atoms with van der Waals surface area (Å²) >= 11 is 1.81. The molecular weight excluding hydrogens is 254 g/mol. The summed E-state index contributed by atoms with van der Waals surface area (Å²) in [5.74, 6) is 0. The standard InChI is InChI=1S/C15H29N3S/c1-4-5-6-7-8-10-14-17-18-15(19-14)11-9-12-16-13(2)3/h13,16H,4-12H2,1-3H3. The van der Waals surface area contributed by atoms with E-state index in [1.807, 2.05) is 0 Å². The molecule has 0 aliphatic carbocycles. The lowest BCUT2D eigenvalue weighted by molar-refractivity contribution is 0.569. The van der Waals surface area contributed by atoms with Gasteiger partial charge in [0.05, 0.1) is 0 Å². The van der Waals surface area contributed by atoms with Crippen molar-refractivity contribution >= 4 is 11.3 Å². The zero-order valence-corrected chi connectivity index (χ0v) is 13.6. The molecule has 0 aliphatic heterocycles. The van der Waals surface area contributed by atoms with Gasteiger partial charge in [-0.3, -0.25) is 0 Å². The topological polar surface area (TPSA) is 37.8 Å². The summed E-state index contributed by atoms with van der Waals surface area (Å²) in [6.07, 6.45) is 9.98. The average Bonchev–Trinajstić information content (AvgIpc) is 2.82. The van der Waals surface area contributed by atoms with Gasteiger partial charge in [0.1, 0.15) is 10.0 Å². The van der Waals surface area contributed by atoms with Gasteiger partial charge >= 0.3 is 0 Å². The van der Waals surface area contributed by atoms with Crippen LogP contribution in [0.15, 0.2) is 0 Å². The lowest BCUT2D eigenvalue weighted by Crippen LogP contribution is -2.23. The largest absolute Gasteiger partial charge is 0.315 e. The molecule has 0 aliphatic rings. The van der Waals surface area contributed by atoms with E-state index in [2.05, 4.69) is 36.3 Å². The molecule has 1 aromatic heterocycles. The first-order valence-corrected chi connectivity index (χ1v) is 8.58. The van der Waals surface area contributed by atoms with Crippen molar-refractivity contribution in [1.29, 1.82) is 0 Å². The minimum Gasteiger partial charge on any atom is -0.315 e. The number of nitrogens with zero attached hydrogens (tertiary/aromatic N) is 2. The fourth-order valence-electron chi connectivity index (χ4n) is 2.00. The van der Waals surface area contributed by atoms with Gasteiger partial charge in [-0.2, -0.15) is 0 Å². The number of aryl methyl sites for hydroxylation is 2. The molecule has 1 rings (SSSR count). The van der Waals surface area contributed by atoms with Gasteiger partial charge in [0.15, 0.2) is 0 Å². The lowest BCUT2D eigenvalue weighted by atomic mass is 10.1. The Labute approximate surface area is 122 Å². The molecule has 0 spiro atoms. The average molecular weight is 283 g/mol. The molecule has 0 fully saturated rings. The van der Waals surface area contributed by atoms with E-state index >= 15 is 0 Å². The molecule has 19 heavy (non-hydrogen) atoms. The van der Waals surface area contributed by atoms with Crippen LogP contribution in [0.4, 0.5) is 0 Å². The Bertz CT molecular complexity index is 323. The van der Waals surface area contributed by atoms with Crippen LogP contribution in [0.1, 0.15) is 69.3 Å². The van der Waals surface area contributed by atoms with E-state index < -0.39 is 0 Å². The molecule has 0 saturated carbocycles. The Balaban J connectivity index is 2.10. The third-order valence-electron chi connectivity index (χ3n) is 3.12. The molecule has 0 atom stereocenters. The second-order valence-electron chi connectivity index (χ2n) is 5.47. The number of aromatic nitrogens is 2. The molecule has 1 N–H and O–H groups in total. The van der Waals surface area contributed by atoms with E-state index in [-0.39, 0.29) is 0 Å². The number of rotatable bonds is 11. The minimum atomic E-state index is 0.577. The molecule has 110 valence electrons. The Morgan fingerprint density at radius 2 is 1.58 bits per heavy atom. The predicted molar refractivity (Wildman–Crippen MR) is 83.8 cm³/mol. The fourth-order valence-corrected chi connectivity index (χ4v) is 2.93. The Morgan fingerprint density at radius 1 is 0.947 bits per heavy atom. The highest BCUT2D eigenvalue weighted by atomic mass is 32.1. The highest BCUT2D eigenvalue weighted by Gasteiger charge is 2.04. The van der Waals surface area contributed by atoms with E-state index in [0.29, 0.717) is 6.04 Å². The molecule has 4 heteroatoms. The highest BCUT2D eigenvalue weighted by molar-refractivity contribution is 7.11. The minimum absolute atomic E-state index is 0.577. The first-order valence-electron chi connectivity index (χ1n) is 7.77. The van der Waals surface area contributed by atoms with Gasteiger partial charge in [-0.25, -0.2) is 0 Å². The van der Waals surface area contributed by atoms with Crippen molar-refractivity contribution in [1.82, 2.24) is 15.5 Å². The van der Waals surface area contributed by atoms with Crippen LogP contribution in [0.25, 0.3) is 0 Å². The second-order valence-corrected chi connectivity index (χ2v) is 6.61. The summed E-state index contributed by atoms with van der Waals surface area (Å²) in [6, 6.07) is 0.577. The summed E-state index contributed by atoms with van der Waals surface area (Å²) in [6.45, 7) is 7.69. The van der Waals surface area contributed by atoms with Crippen LogP contribution in [0.2, 0.25) is 0 Å². The molecule has 1 heterocycles. The summed E-state index contributed by atoms with van der Waals surface area (Å²) in [5, 5.41) is 14.4. The third-order valence-corrected chi connectivity index (χ3v) is 4.17. The van der Waals surface area contributed by atoms with Crippen molar-refractivity contribution in [3.8, 4) is 0 Å². The summed E-state index contributed by atoms with van der Waals surface area (Å²) in [5.41, 5.74) is 0. The molecule has 0 amide bonds. The fraction of sp³-hybridized carbons (Fsp3) is 0.867. The van der Waals surface area contributed by atoms with Crippen LogP contribution in [0.3, 0.4) is 0 Å². The van der Waals surface area contributed by atoms with Gasteiger partial charge in [0.2, 0.25) is 0 Å². The van der Waals surface area contributed by atoms with Gasteiger partial charge in [-0.15, -0.1) is 21.5 Å². The second kappa shape index (κ2) is 10.3. The Hall–Kier alpha value is -0.480. The van der Waals surface area contributed by atoms with Crippen LogP contribution in [-0.2, 0) is 12.8 Å². The molecule has 0 unspecified atom stereocenters. The SMILES string of the molecule is CCCCCCCc1nnc(CCCNC(C)C)s1. The van der Waals surface area contributed by atoms with Crippen molar-refractivity contribution in [2.75, 3.05) is 6.54 Å². The third kappa shape index (κ3) is 8.32. The van der Waals surface area contributed by atoms with Gasteiger partial charge in [-0.1, -0.05) is 46.5 Å². The van der Waals surface area contributed by atoms with Crippen LogP contribution >= 0.6 is 11.3 Å². The quantitative estimate of drug-likeness (QED) is 0.624. The summed E-state index contributed by atoms with van der Waals surface area (Å²) < 4.78 is 0. The molecule has 1 aromatic rings. The Morgan fingerprint density at radius 3 is 2.21 bits per heavy atom. The number of hydrogen-bond acceptors (Lipinski definition) is 4. The van der Waals surface area contributed by atoms with Crippen molar-refractivity contribution in [3.63, 3.8) is 0 Å². The van der Waals surface area contributed by atoms with Gasteiger partial charge in [-0.05, 0) is 19.4 Å². The maximum absolute atomic E-state index is 4.30. The smallest absolute Gasteiger partial charge is 0.117 e. The van der Waals surface area contributed by atoms with E-state index in [9.17, 15) is 0 Å². The van der Waals surface area contributed by atoms with Crippen molar-refractivity contribution in [3.05, 3.63) is 10.0 Å². The lowest BCUT2D eigenvalue weighted by Gasteiger charge is -2.05. The van der Waals surface area contributed by atoms with Crippen LogP contribution in [0, 0.1) is 0 Å². The van der Waals surface area contributed by atoms with Crippen molar-refractivity contribution in [2.24, 2.45) is 0 Å². The maximum atomic E-state index is 4.30. The molecule has 0 radical (unpaired) electrons. The van der Waals surface area contributed by atoms with E-state index in [1.165, 1.54) is 42.1 Å². The monoisotopic (exact) mass is 283 g/mol. The zero-order chi connectivity index (χ0) is 13.9. The van der Waals surface area contributed by atoms with Gasteiger partial charge < -0.3 is 5.32 Å². The van der Waals surface area contributed by atoms with Crippen molar-refractivity contribution < 1.29 is 0 Å². The number of hydrogen-bond donors (Lipinski definition) is 1. The summed E-state index contributed by atoms with van der Waals surface area (Å²) in [7, 11) is 0. The van der Waals surface area contributed by atoms with Crippen LogP contribution in [-0.4, -0.2) is 22.8 Å². The van der Waals surface area contributed by atoms with E-state index in [1.54, 1.807) is 11.3 Å². The van der Waals surface area contributed by atoms with Crippen LogP contribution < -0.4 is 5.32 Å².